The number of fused-ring (bicyclic) bond motifs is 1. The minimum atomic E-state index is 0.811. The van der Waals surface area contributed by atoms with Crippen molar-refractivity contribution in [2.45, 2.75) is 52.4 Å². The molecule has 0 N–H and O–H groups in total. The Morgan fingerprint density at radius 3 is 2.29 bits per heavy atom. The van der Waals surface area contributed by atoms with Crippen molar-refractivity contribution < 1.29 is 4.74 Å². The Morgan fingerprint density at radius 2 is 1.58 bits per heavy atom. The molecule has 24 heavy (non-hydrogen) atoms. The molecular formula is C21H26OS2. The third kappa shape index (κ3) is 4.40. The lowest BCUT2D eigenvalue weighted by Gasteiger charge is -2.05. The fraction of sp³-hybridized carbons (Fsp3) is 0.429. The van der Waals surface area contributed by atoms with Crippen molar-refractivity contribution in [3.63, 3.8) is 0 Å². The highest BCUT2D eigenvalue weighted by atomic mass is 32.1. The van der Waals surface area contributed by atoms with Gasteiger partial charge in [0.2, 0.25) is 0 Å². The molecule has 0 aliphatic rings. The lowest BCUT2D eigenvalue weighted by molar-refractivity contribution is 0.309. The third-order valence-corrected chi connectivity index (χ3v) is 6.59. The van der Waals surface area contributed by atoms with Crippen LogP contribution < -0.4 is 4.74 Å². The molecule has 2 aromatic heterocycles. The van der Waals surface area contributed by atoms with Gasteiger partial charge >= 0.3 is 0 Å². The van der Waals surface area contributed by atoms with Crippen LogP contribution in [0.5, 0.6) is 5.75 Å². The molecule has 0 bridgehead atoms. The molecule has 3 rings (SSSR count). The maximum Gasteiger partial charge on any atom is 0.119 e. The number of rotatable bonds is 9. The van der Waals surface area contributed by atoms with Crippen LogP contribution in [0, 0.1) is 0 Å². The van der Waals surface area contributed by atoms with Crippen molar-refractivity contribution in [1.29, 1.82) is 0 Å². The zero-order chi connectivity index (χ0) is 16.8. The molecule has 0 amide bonds. The van der Waals surface area contributed by atoms with Crippen molar-refractivity contribution in [1.82, 2.24) is 0 Å². The van der Waals surface area contributed by atoms with Gasteiger partial charge in [-0.3, -0.25) is 0 Å². The summed E-state index contributed by atoms with van der Waals surface area (Å²) < 4.78 is 8.62. The van der Waals surface area contributed by atoms with Crippen molar-refractivity contribution in [3.8, 4) is 16.2 Å². The van der Waals surface area contributed by atoms with Crippen LogP contribution in [-0.2, 0) is 6.42 Å². The Bertz CT molecular complexity index is 720. The van der Waals surface area contributed by atoms with Gasteiger partial charge in [0.1, 0.15) is 5.75 Å². The number of thiophene rings is 2. The fourth-order valence-corrected chi connectivity index (χ4v) is 5.22. The smallest absolute Gasteiger partial charge is 0.119 e. The highest BCUT2D eigenvalue weighted by Gasteiger charge is 2.08. The van der Waals surface area contributed by atoms with Crippen LogP contribution in [0.25, 0.3) is 19.8 Å². The predicted molar refractivity (Wildman–Crippen MR) is 109 cm³/mol. The molecule has 0 saturated carbocycles. The Labute approximate surface area is 153 Å². The second-order valence-corrected chi connectivity index (χ2v) is 8.49. The first-order chi connectivity index (χ1) is 11.8. The van der Waals surface area contributed by atoms with Gasteiger partial charge in [0.25, 0.3) is 0 Å². The molecule has 0 atom stereocenters. The predicted octanol–water partition coefficient (Wildman–Crippen LogP) is 7.54. The molecule has 3 heteroatoms. The van der Waals surface area contributed by atoms with E-state index in [0.29, 0.717) is 0 Å². The molecule has 0 saturated heterocycles. The SMILES string of the molecule is CCCCCc1cc2sc(-c3ccc(OCCCC)cc3)cc2s1. The summed E-state index contributed by atoms with van der Waals surface area (Å²) >= 11 is 3.87. The van der Waals surface area contributed by atoms with Crippen LogP contribution in [0.15, 0.2) is 36.4 Å². The molecule has 1 nitrogen and oxygen atoms in total. The highest BCUT2D eigenvalue weighted by molar-refractivity contribution is 7.29. The van der Waals surface area contributed by atoms with Gasteiger partial charge in [0.15, 0.2) is 0 Å². The lowest BCUT2D eigenvalue weighted by Crippen LogP contribution is -1.95. The van der Waals surface area contributed by atoms with Crippen molar-refractivity contribution in [2.75, 3.05) is 6.61 Å². The van der Waals surface area contributed by atoms with Gasteiger partial charge in [-0.05, 0) is 61.2 Å². The topological polar surface area (TPSA) is 9.23 Å². The molecule has 3 aromatic rings. The summed E-state index contributed by atoms with van der Waals surface area (Å²) in [5.74, 6) is 0.976. The largest absolute Gasteiger partial charge is 0.494 e. The maximum absolute atomic E-state index is 5.75. The first kappa shape index (κ1) is 17.5. The monoisotopic (exact) mass is 358 g/mol. The first-order valence-corrected chi connectivity index (χ1v) is 10.7. The Balaban J connectivity index is 1.67. The van der Waals surface area contributed by atoms with E-state index in [0.717, 1.165) is 18.8 Å². The molecule has 0 unspecified atom stereocenters. The number of hydrogen-bond acceptors (Lipinski definition) is 3. The highest BCUT2D eigenvalue weighted by Crippen LogP contribution is 2.39. The van der Waals surface area contributed by atoms with E-state index in [1.54, 1.807) is 0 Å². The Morgan fingerprint density at radius 1 is 0.833 bits per heavy atom. The summed E-state index contributed by atoms with van der Waals surface area (Å²) in [6.07, 6.45) is 7.47. The summed E-state index contributed by atoms with van der Waals surface area (Å²) in [6, 6.07) is 13.3. The summed E-state index contributed by atoms with van der Waals surface area (Å²) in [7, 11) is 0. The van der Waals surface area contributed by atoms with Gasteiger partial charge in [-0.15, -0.1) is 22.7 Å². The summed E-state index contributed by atoms with van der Waals surface area (Å²) in [5, 5.41) is 0. The van der Waals surface area contributed by atoms with Crippen LogP contribution in [0.1, 0.15) is 50.8 Å². The first-order valence-electron chi connectivity index (χ1n) is 9.05. The van der Waals surface area contributed by atoms with E-state index < -0.39 is 0 Å². The maximum atomic E-state index is 5.75. The number of benzene rings is 1. The van der Waals surface area contributed by atoms with Gasteiger partial charge in [-0.25, -0.2) is 0 Å². The van der Waals surface area contributed by atoms with Crippen LogP contribution in [0.2, 0.25) is 0 Å². The Hall–Kier alpha value is -1.32. The molecule has 0 aliphatic heterocycles. The number of aryl methyl sites for hydroxylation is 1. The third-order valence-electron chi connectivity index (χ3n) is 4.19. The molecular weight excluding hydrogens is 332 g/mol. The van der Waals surface area contributed by atoms with Crippen LogP contribution in [0.3, 0.4) is 0 Å². The van der Waals surface area contributed by atoms with Gasteiger partial charge in [0.05, 0.1) is 6.61 Å². The summed E-state index contributed by atoms with van der Waals surface area (Å²) in [4.78, 5) is 2.90. The molecule has 0 aliphatic carbocycles. The van der Waals surface area contributed by atoms with E-state index in [1.807, 2.05) is 22.7 Å². The second-order valence-electron chi connectivity index (χ2n) is 6.24. The van der Waals surface area contributed by atoms with E-state index in [9.17, 15) is 0 Å². The molecule has 0 spiro atoms. The zero-order valence-electron chi connectivity index (χ0n) is 14.6. The van der Waals surface area contributed by atoms with Gasteiger partial charge in [-0.1, -0.05) is 33.1 Å². The molecule has 0 fully saturated rings. The summed E-state index contributed by atoms with van der Waals surface area (Å²) in [5.41, 5.74) is 1.29. The average Bonchev–Trinajstić information content (AvgIpc) is 3.15. The van der Waals surface area contributed by atoms with Crippen molar-refractivity contribution in [3.05, 3.63) is 41.3 Å². The second kappa shape index (κ2) is 8.68. The molecule has 1 aromatic carbocycles. The number of ether oxygens (including phenoxy) is 1. The van der Waals surface area contributed by atoms with Gasteiger partial charge in [-0.2, -0.15) is 0 Å². The van der Waals surface area contributed by atoms with E-state index in [1.165, 1.54) is 56.8 Å². The van der Waals surface area contributed by atoms with Crippen molar-refractivity contribution in [2.24, 2.45) is 0 Å². The van der Waals surface area contributed by atoms with E-state index in [-0.39, 0.29) is 0 Å². The van der Waals surface area contributed by atoms with Gasteiger partial charge in [0, 0.05) is 19.2 Å². The minimum absolute atomic E-state index is 0.811. The quantitative estimate of drug-likeness (QED) is 0.359. The molecule has 2 heterocycles. The number of unbranched alkanes of at least 4 members (excludes halogenated alkanes) is 3. The molecule has 128 valence electrons. The standard InChI is InChI=1S/C21H26OS2/c1-3-5-7-8-18-14-20-21(23-18)15-19(24-20)16-9-11-17(12-10-16)22-13-6-4-2/h9-12,14-15H,3-8,13H2,1-2H3. The fourth-order valence-electron chi connectivity index (χ4n) is 2.75. The Kier molecular flexibility index (Phi) is 6.33. The average molecular weight is 359 g/mol. The van der Waals surface area contributed by atoms with Crippen LogP contribution in [-0.4, -0.2) is 6.61 Å². The molecule has 0 radical (unpaired) electrons. The zero-order valence-corrected chi connectivity index (χ0v) is 16.3. The van der Waals surface area contributed by atoms with Crippen molar-refractivity contribution >= 4 is 32.1 Å². The van der Waals surface area contributed by atoms with Crippen LogP contribution in [0.4, 0.5) is 0 Å². The summed E-state index contributed by atoms with van der Waals surface area (Å²) in [6.45, 7) is 5.26. The van der Waals surface area contributed by atoms with E-state index in [4.69, 9.17) is 4.74 Å². The lowest BCUT2D eigenvalue weighted by atomic mass is 10.2. The normalized spacial score (nSPS) is 11.2. The van der Waals surface area contributed by atoms with Crippen LogP contribution >= 0.6 is 22.7 Å². The van der Waals surface area contributed by atoms with E-state index in [2.05, 4.69) is 50.2 Å². The van der Waals surface area contributed by atoms with E-state index >= 15 is 0 Å². The number of hydrogen-bond donors (Lipinski definition) is 0. The van der Waals surface area contributed by atoms with Gasteiger partial charge < -0.3 is 4.74 Å². The minimum Gasteiger partial charge on any atom is -0.494 e.